The Labute approximate surface area is 238 Å². The third-order valence-corrected chi connectivity index (χ3v) is 8.12. The molecule has 0 bridgehead atoms. The van der Waals surface area contributed by atoms with Gasteiger partial charge in [0.15, 0.2) is 5.17 Å². The first-order valence-electron chi connectivity index (χ1n) is 13.7. The van der Waals surface area contributed by atoms with Gasteiger partial charge in [0.2, 0.25) is 0 Å². The van der Waals surface area contributed by atoms with Crippen LogP contribution in [0.5, 0.6) is 11.5 Å². The summed E-state index contributed by atoms with van der Waals surface area (Å²) < 4.78 is 12.4. The van der Waals surface area contributed by atoms with Crippen LogP contribution < -0.4 is 14.4 Å². The number of aliphatic carboxylic acids is 1. The van der Waals surface area contributed by atoms with Gasteiger partial charge in [-0.25, -0.2) is 0 Å². The molecular formula is C31H34N2O6S. The normalized spacial score (nSPS) is 17.2. The van der Waals surface area contributed by atoms with Crippen LogP contribution in [-0.2, 0) is 16.0 Å². The first-order chi connectivity index (χ1) is 19.3. The summed E-state index contributed by atoms with van der Waals surface area (Å²) in [6.45, 7) is 7.43. The van der Waals surface area contributed by atoms with E-state index in [0.717, 1.165) is 51.9 Å². The molecule has 2 unspecified atom stereocenters. The summed E-state index contributed by atoms with van der Waals surface area (Å²) in [6.07, 6.45) is 0.684. The van der Waals surface area contributed by atoms with Gasteiger partial charge in [0.05, 0.1) is 31.5 Å². The molecular weight excluding hydrogens is 528 g/mol. The van der Waals surface area contributed by atoms with Gasteiger partial charge < -0.3 is 24.6 Å². The smallest absolute Gasteiger partial charge is 0.307 e. The van der Waals surface area contributed by atoms with Crippen molar-refractivity contribution in [1.29, 1.82) is 0 Å². The Bertz CT molecular complexity index is 1480. The van der Waals surface area contributed by atoms with Crippen LogP contribution in [0.4, 0.5) is 5.69 Å². The number of nitrogens with zero attached hydrogens (tertiary/aromatic N) is 2. The molecule has 3 aromatic carbocycles. The number of carboxylic acids is 1. The van der Waals surface area contributed by atoms with Crippen molar-refractivity contribution in [3.63, 3.8) is 0 Å². The Balaban J connectivity index is 1.70. The molecule has 2 atom stereocenters. The number of hydrogen-bond donors (Lipinski definition) is 2. The van der Waals surface area contributed by atoms with Crippen molar-refractivity contribution >= 4 is 45.3 Å². The van der Waals surface area contributed by atoms with Crippen molar-refractivity contribution in [2.45, 2.75) is 52.1 Å². The fourth-order valence-corrected chi connectivity index (χ4v) is 6.20. The lowest BCUT2D eigenvalue weighted by molar-refractivity contribution is -0.136. The quantitative estimate of drug-likeness (QED) is 0.325. The van der Waals surface area contributed by atoms with Gasteiger partial charge in [-0.05, 0) is 66.1 Å². The SMILES string of the molecule is CCCOc1cc2c(OCCC)cccc2cc1C1CN(C2=NC(=O)CS2)c2cc(C(C)O)c(CC(=O)O)cc21. The van der Waals surface area contributed by atoms with Crippen molar-refractivity contribution in [2.24, 2.45) is 4.99 Å². The van der Waals surface area contributed by atoms with E-state index in [-0.39, 0.29) is 24.0 Å². The fraction of sp³-hybridized carbons (Fsp3) is 0.387. The van der Waals surface area contributed by atoms with Crippen LogP contribution in [0.1, 0.15) is 67.9 Å². The number of benzene rings is 3. The summed E-state index contributed by atoms with van der Waals surface area (Å²) in [6, 6.07) is 13.9. The minimum Gasteiger partial charge on any atom is -0.493 e. The number of thioether (sulfide) groups is 1. The Morgan fingerprint density at radius 1 is 1.10 bits per heavy atom. The highest BCUT2D eigenvalue weighted by Crippen LogP contribution is 2.48. The third kappa shape index (κ3) is 5.53. The molecule has 8 nitrogen and oxygen atoms in total. The second kappa shape index (κ2) is 11.9. The van der Waals surface area contributed by atoms with E-state index in [1.165, 1.54) is 11.8 Å². The molecule has 0 saturated heterocycles. The highest BCUT2D eigenvalue weighted by Gasteiger charge is 2.37. The van der Waals surface area contributed by atoms with Gasteiger partial charge >= 0.3 is 5.97 Å². The van der Waals surface area contributed by atoms with Crippen molar-refractivity contribution in [3.8, 4) is 11.5 Å². The summed E-state index contributed by atoms with van der Waals surface area (Å²) >= 11 is 1.39. The Morgan fingerprint density at radius 3 is 2.50 bits per heavy atom. The van der Waals surface area contributed by atoms with Gasteiger partial charge in [-0.1, -0.05) is 43.8 Å². The number of ether oxygens (including phenoxy) is 2. The topological polar surface area (TPSA) is 109 Å². The molecule has 0 aliphatic carbocycles. The maximum atomic E-state index is 12.1. The molecule has 2 N–H and O–H groups in total. The zero-order chi connectivity index (χ0) is 28.4. The summed E-state index contributed by atoms with van der Waals surface area (Å²) in [7, 11) is 0. The first kappa shape index (κ1) is 28.0. The number of carboxylic acid groups (broad SMARTS) is 1. The molecule has 0 spiro atoms. The molecule has 0 fully saturated rings. The fourth-order valence-electron chi connectivity index (χ4n) is 5.39. The zero-order valence-electron chi connectivity index (χ0n) is 23.0. The Kier molecular flexibility index (Phi) is 8.32. The van der Waals surface area contributed by atoms with Gasteiger partial charge in [0.25, 0.3) is 5.91 Å². The van der Waals surface area contributed by atoms with E-state index in [9.17, 15) is 19.8 Å². The number of aliphatic hydroxyl groups is 1. The summed E-state index contributed by atoms with van der Waals surface area (Å²) in [5.41, 5.74) is 3.83. The van der Waals surface area contributed by atoms with E-state index < -0.39 is 12.1 Å². The highest BCUT2D eigenvalue weighted by atomic mass is 32.2. The number of fused-ring (bicyclic) bond motifs is 2. The molecule has 2 aliphatic rings. The average molecular weight is 563 g/mol. The predicted molar refractivity (Wildman–Crippen MR) is 158 cm³/mol. The zero-order valence-corrected chi connectivity index (χ0v) is 23.8. The lowest BCUT2D eigenvalue weighted by Crippen LogP contribution is -2.27. The Morgan fingerprint density at radius 2 is 1.85 bits per heavy atom. The van der Waals surface area contributed by atoms with E-state index in [1.54, 1.807) is 6.92 Å². The monoisotopic (exact) mass is 562 g/mol. The van der Waals surface area contributed by atoms with Gasteiger partial charge in [-0.3, -0.25) is 9.59 Å². The van der Waals surface area contributed by atoms with Gasteiger partial charge in [-0.2, -0.15) is 4.99 Å². The molecule has 0 aromatic heterocycles. The number of aliphatic hydroxyl groups excluding tert-OH is 1. The lowest BCUT2D eigenvalue weighted by Gasteiger charge is -2.21. The largest absolute Gasteiger partial charge is 0.493 e. The molecule has 0 saturated carbocycles. The van der Waals surface area contributed by atoms with Crippen LogP contribution in [0, 0.1) is 0 Å². The molecule has 2 heterocycles. The number of rotatable bonds is 10. The van der Waals surface area contributed by atoms with Crippen molar-refractivity contribution in [3.05, 3.63) is 64.7 Å². The minimum atomic E-state index is -0.966. The van der Waals surface area contributed by atoms with E-state index in [0.29, 0.717) is 36.1 Å². The molecule has 0 radical (unpaired) electrons. The van der Waals surface area contributed by atoms with Crippen LogP contribution in [-0.4, -0.2) is 52.8 Å². The van der Waals surface area contributed by atoms with E-state index in [4.69, 9.17) is 9.47 Å². The average Bonchev–Trinajstić information content (AvgIpc) is 3.52. The number of amidine groups is 1. The maximum Gasteiger partial charge on any atom is 0.307 e. The number of hydrogen-bond acceptors (Lipinski definition) is 7. The third-order valence-electron chi connectivity index (χ3n) is 7.16. The maximum absolute atomic E-state index is 12.1. The van der Waals surface area contributed by atoms with Gasteiger partial charge in [0.1, 0.15) is 11.5 Å². The van der Waals surface area contributed by atoms with Gasteiger partial charge in [-0.15, -0.1) is 0 Å². The number of anilines is 1. The summed E-state index contributed by atoms with van der Waals surface area (Å²) in [5, 5.41) is 22.8. The van der Waals surface area contributed by atoms with Crippen molar-refractivity contribution in [2.75, 3.05) is 30.4 Å². The predicted octanol–water partition coefficient (Wildman–Crippen LogP) is 5.68. The first-order valence-corrected chi connectivity index (χ1v) is 14.7. The molecule has 9 heteroatoms. The summed E-state index contributed by atoms with van der Waals surface area (Å²) in [4.78, 5) is 30.1. The second-order valence-corrected chi connectivity index (χ2v) is 11.1. The molecule has 210 valence electrons. The minimum absolute atomic E-state index is 0.180. The van der Waals surface area contributed by atoms with Crippen LogP contribution in [0.15, 0.2) is 47.5 Å². The second-order valence-electron chi connectivity index (χ2n) is 10.2. The van der Waals surface area contributed by atoms with Crippen LogP contribution in [0.25, 0.3) is 10.8 Å². The van der Waals surface area contributed by atoms with E-state index in [2.05, 4.69) is 31.0 Å². The van der Waals surface area contributed by atoms with E-state index >= 15 is 0 Å². The molecule has 40 heavy (non-hydrogen) atoms. The van der Waals surface area contributed by atoms with Gasteiger partial charge in [0, 0.05) is 29.1 Å². The van der Waals surface area contributed by atoms with E-state index in [1.807, 2.05) is 35.2 Å². The molecule has 5 rings (SSSR count). The van der Waals surface area contributed by atoms with Crippen LogP contribution >= 0.6 is 11.8 Å². The number of aliphatic imine (C=N–C) groups is 1. The molecule has 3 aromatic rings. The van der Waals surface area contributed by atoms with Crippen LogP contribution in [0.3, 0.4) is 0 Å². The number of carbonyl (C=O) groups is 2. The van der Waals surface area contributed by atoms with Crippen molar-refractivity contribution in [1.82, 2.24) is 0 Å². The lowest BCUT2D eigenvalue weighted by atomic mass is 9.87. The Hall–Kier alpha value is -3.56. The van der Waals surface area contributed by atoms with Crippen LogP contribution in [0.2, 0.25) is 0 Å². The molecule has 2 aliphatic heterocycles. The highest BCUT2D eigenvalue weighted by molar-refractivity contribution is 8.15. The number of amides is 1. The number of carbonyl (C=O) groups excluding carboxylic acids is 1. The molecule has 1 amide bonds. The summed E-state index contributed by atoms with van der Waals surface area (Å²) in [5.74, 6) is 0.513. The standard InChI is InChI=1S/C31H34N2O6S/c1-4-9-38-27-8-6-7-19-11-24(28(15-22(19)27)39-10-5-2)25-16-33(31-32-29(35)17-40-31)26-14-21(18(3)34)20(12-23(25)26)13-30(36)37/h6-8,11-12,14-15,18,25,34H,4-5,9-10,13,16-17H2,1-3H3,(H,36,37). The van der Waals surface area contributed by atoms with Crippen molar-refractivity contribution < 1.29 is 29.3 Å².